The van der Waals surface area contributed by atoms with Gasteiger partial charge in [0, 0.05) is 6.54 Å². The highest BCUT2D eigenvalue weighted by Gasteiger charge is 2.32. The summed E-state index contributed by atoms with van der Waals surface area (Å²) in [5, 5.41) is 2.77. The van der Waals surface area contributed by atoms with Gasteiger partial charge in [-0.2, -0.15) is 0 Å². The van der Waals surface area contributed by atoms with E-state index >= 15 is 0 Å². The summed E-state index contributed by atoms with van der Waals surface area (Å²) in [5.74, 6) is 0.801. The molecule has 1 saturated heterocycles. The Balaban J connectivity index is 1.58. The number of rotatable bonds is 3. The number of carbonyl (C=O) groups is 1. The number of sulfone groups is 1. The molecule has 2 aliphatic heterocycles. The molecule has 2 aliphatic rings. The van der Waals surface area contributed by atoms with Gasteiger partial charge >= 0.3 is 0 Å². The average molecular weight is 297 g/mol. The predicted molar refractivity (Wildman–Crippen MR) is 71.2 cm³/mol. The molecule has 1 aromatic rings. The van der Waals surface area contributed by atoms with Crippen LogP contribution in [0.1, 0.15) is 12.0 Å². The Labute approximate surface area is 117 Å². The molecule has 20 heavy (non-hydrogen) atoms. The van der Waals surface area contributed by atoms with Crippen molar-refractivity contribution in [2.75, 3.05) is 18.3 Å². The number of carbonyl (C=O) groups excluding carboxylic acids is 1. The molecule has 7 heteroatoms. The van der Waals surface area contributed by atoms with Crippen molar-refractivity contribution in [2.45, 2.75) is 13.0 Å². The summed E-state index contributed by atoms with van der Waals surface area (Å²) in [4.78, 5) is 11.9. The number of fused-ring (bicyclic) bond motifs is 1. The van der Waals surface area contributed by atoms with Crippen molar-refractivity contribution in [1.82, 2.24) is 5.32 Å². The van der Waals surface area contributed by atoms with E-state index in [9.17, 15) is 13.2 Å². The van der Waals surface area contributed by atoms with E-state index in [1.54, 1.807) is 6.07 Å². The Morgan fingerprint density at radius 1 is 1.30 bits per heavy atom. The molecule has 6 nitrogen and oxygen atoms in total. The third-order valence-electron chi connectivity index (χ3n) is 3.51. The fraction of sp³-hybridized carbons (Fsp3) is 0.462. The van der Waals surface area contributed by atoms with E-state index < -0.39 is 15.8 Å². The Kier molecular flexibility index (Phi) is 3.29. The highest BCUT2D eigenvalue weighted by Crippen LogP contribution is 2.32. The smallest absolute Gasteiger partial charge is 0.231 e. The van der Waals surface area contributed by atoms with Gasteiger partial charge in [0.05, 0.1) is 17.4 Å². The van der Waals surface area contributed by atoms with Gasteiger partial charge in [-0.1, -0.05) is 6.07 Å². The normalized spacial score (nSPS) is 22.7. The van der Waals surface area contributed by atoms with Crippen LogP contribution in [0.25, 0.3) is 0 Å². The largest absolute Gasteiger partial charge is 0.454 e. The van der Waals surface area contributed by atoms with E-state index in [0.717, 1.165) is 5.56 Å². The Bertz CT molecular complexity index is 640. The Morgan fingerprint density at radius 2 is 2.10 bits per heavy atom. The van der Waals surface area contributed by atoms with Crippen LogP contribution in [0.5, 0.6) is 11.5 Å². The first-order valence-corrected chi connectivity index (χ1v) is 8.22. The van der Waals surface area contributed by atoms with Crippen LogP contribution < -0.4 is 14.8 Å². The molecule has 1 atom stereocenters. The van der Waals surface area contributed by atoms with Crippen LogP contribution in [-0.2, 0) is 21.2 Å². The van der Waals surface area contributed by atoms with Gasteiger partial charge in [-0.3, -0.25) is 4.79 Å². The Hall–Kier alpha value is -1.76. The van der Waals surface area contributed by atoms with E-state index in [1.807, 2.05) is 12.1 Å². The maximum Gasteiger partial charge on any atom is 0.231 e. The molecular weight excluding hydrogens is 282 g/mol. The summed E-state index contributed by atoms with van der Waals surface area (Å²) in [6.07, 6.45) is 0.412. The zero-order chi connectivity index (χ0) is 14.2. The van der Waals surface area contributed by atoms with Crippen molar-refractivity contribution in [3.63, 3.8) is 0 Å². The summed E-state index contributed by atoms with van der Waals surface area (Å²) in [6.45, 7) is 0.567. The van der Waals surface area contributed by atoms with Crippen LogP contribution in [0.4, 0.5) is 0 Å². The fourth-order valence-electron chi connectivity index (χ4n) is 2.39. The third kappa shape index (κ3) is 2.72. The first-order valence-electron chi connectivity index (χ1n) is 6.40. The van der Waals surface area contributed by atoms with E-state index in [1.165, 1.54) is 0 Å². The minimum absolute atomic E-state index is 0.0417. The molecule has 0 spiro atoms. The van der Waals surface area contributed by atoms with Crippen molar-refractivity contribution < 1.29 is 22.7 Å². The number of hydrogen-bond acceptors (Lipinski definition) is 5. The van der Waals surface area contributed by atoms with E-state index in [0.29, 0.717) is 24.5 Å². The van der Waals surface area contributed by atoms with Crippen LogP contribution >= 0.6 is 0 Å². The molecular formula is C13H15NO5S. The summed E-state index contributed by atoms with van der Waals surface area (Å²) >= 11 is 0. The van der Waals surface area contributed by atoms with Crippen LogP contribution in [0.15, 0.2) is 18.2 Å². The van der Waals surface area contributed by atoms with Crippen LogP contribution in [0.3, 0.4) is 0 Å². The van der Waals surface area contributed by atoms with Crippen molar-refractivity contribution in [1.29, 1.82) is 0 Å². The van der Waals surface area contributed by atoms with Gasteiger partial charge in [0.2, 0.25) is 12.7 Å². The second-order valence-electron chi connectivity index (χ2n) is 5.01. The zero-order valence-corrected chi connectivity index (χ0v) is 11.6. The average Bonchev–Trinajstić information content (AvgIpc) is 3.01. The first-order chi connectivity index (χ1) is 9.53. The minimum atomic E-state index is -3.03. The van der Waals surface area contributed by atoms with Crippen molar-refractivity contribution in [3.05, 3.63) is 23.8 Å². The summed E-state index contributed by atoms with van der Waals surface area (Å²) in [7, 11) is -3.03. The molecule has 0 aromatic heterocycles. The molecule has 1 aromatic carbocycles. The molecule has 108 valence electrons. The molecule has 0 aliphatic carbocycles. The molecule has 0 bridgehead atoms. The standard InChI is InChI=1S/C13H15NO5S/c15-13(10-3-4-20(16,17)7-10)14-6-9-1-2-11-12(5-9)19-8-18-11/h1-2,5,10H,3-4,6-8H2,(H,14,15)/t10-/m1/s1. The first kappa shape index (κ1) is 13.2. The van der Waals surface area contributed by atoms with Gasteiger partial charge in [-0.05, 0) is 24.1 Å². The van der Waals surface area contributed by atoms with E-state index in [4.69, 9.17) is 9.47 Å². The molecule has 0 unspecified atom stereocenters. The number of hydrogen-bond donors (Lipinski definition) is 1. The fourth-order valence-corrected chi connectivity index (χ4v) is 4.13. The number of nitrogens with one attached hydrogen (secondary N) is 1. The van der Waals surface area contributed by atoms with Gasteiger partial charge in [0.15, 0.2) is 21.3 Å². The van der Waals surface area contributed by atoms with Gasteiger partial charge in [-0.15, -0.1) is 0 Å². The highest BCUT2D eigenvalue weighted by molar-refractivity contribution is 7.91. The number of ether oxygens (including phenoxy) is 2. The maximum atomic E-state index is 11.9. The molecule has 2 heterocycles. The molecule has 0 radical (unpaired) electrons. The quantitative estimate of drug-likeness (QED) is 0.877. The molecule has 1 fully saturated rings. The molecule has 1 N–H and O–H groups in total. The number of benzene rings is 1. The van der Waals surface area contributed by atoms with Gasteiger partial charge in [-0.25, -0.2) is 8.42 Å². The monoisotopic (exact) mass is 297 g/mol. The van der Waals surface area contributed by atoms with E-state index in [-0.39, 0.29) is 24.2 Å². The third-order valence-corrected chi connectivity index (χ3v) is 5.27. The Morgan fingerprint density at radius 3 is 2.85 bits per heavy atom. The lowest BCUT2D eigenvalue weighted by molar-refractivity contribution is -0.124. The predicted octanol–water partition coefficient (Wildman–Crippen LogP) is 0.466. The molecule has 3 rings (SSSR count). The van der Waals surface area contributed by atoms with Crippen molar-refractivity contribution >= 4 is 15.7 Å². The van der Waals surface area contributed by atoms with Crippen LogP contribution in [-0.4, -0.2) is 32.6 Å². The van der Waals surface area contributed by atoms with Crippen LogP contribution in [0.2, 0.25) is 0 Å². The van der Waals surface area contributed by atoms with Gasteiger partial charge in [0.1, 0.15) is 0 Å². The topological polar surface area (TPSA) is 81.7 Å². The lowest BCUT2D eigenvalue weighted by atomic mass is 10.1. The zero-order valence-electron chi connectivity index (χ0n) is 10.8. The van der Waals surface area contributed by atoms with Crippen molar-refractivity contribution in [2.24, 2.45) is 5.92 Å². The lowest BCUT2D eigenvalue weighted by Gasteiger charge is -2.09. The minimum Gasteiger partial charge on any atom is -0.454 e. The summed E-state index contributed by atoms with van der Waals surface area (Å²) < 4.78 is 33.1. The summed E-state index contributed by atoms with van der Waals surface area (Å²) in [5.41, 5.74) is 0.892. The van der Waals surface area contributed by atoms with Crippen LogP contribution in [0, 0.1) is 5.92 Å². The second kappa shape index (κ2) is 4.97. The highest BCUT2D eigenvalue weighted by atomic mass is 32.2. The molecule has 0 saturated carbocycles. The van der Waals surface area contributed by atoms with E-state index in [2.05, 4.69) is 5.32 Å². The van der Waals surface area contributed by atoms with Crippen molar-refractivity contribution in [3.8, 4) is 11.5 Å². The van der Waals surface area contributed by atoms with Gasteiger partial charge < -0.3 is 14.8 Å². The van der Waals surface area contributed by atoms with Gasteiger partial charge in [0.25, 0.3) is 0 Å². The second-order valence-corrected chi connectivity index (χ2v) is 7.23. The SMILES string of the molecule is O=C(NCc1ccc2c(c1)OCO2)[C@@H]1CCS(=O)(=O)C1. The lowest BCUT2D eigenvalue weighted by Crippen LogP contribution is -2.30. The summed E-state index contributed by atoms with van der Waals surface area (Å²) in [6, 6.07) is 5.46. The maximum absolute atomic E-state index is 11.9. The molecule has 1 amide bonds. The number of amides is 1.